The van der Waals surface area contributed by atoms with Crippen molar-refractivity contribution in [3.8, 4) is 0 Å². The van der Waals surface area contributed by atoms with Gasteiger partial charge in [-0.05, 0) is 41.1 Å². The van der Waals surface area contributed by atoms with Crippen LogP contribution in [0.4, 0.5) is 4.39 Å². The molecule has 0 fully saturated rings. The molecule has 7 heteroatoms. The predicted molar refractivity (Wildman–Crippen MR) is 88.5 cm³/mol. The molecule has 1 heterocycles. The van der Waals surface area contributed by atoms with Crippen LogP contribution in [0.15, 0.2) is 34.0 Å². The fourth-order valence-corrected chi connectivity index (χ4v) is 2.85. The standard InChI is InChI=1S/C14H13ClFIN2O2/c1-2-6-18-8-12(17)13(20)19(14(18)21)7-9-10(15)4-3-5-11(9)16/h3-5,8H,2,6-7H2,1H3. The van der Waals surface area contributed by atoms with Crippen LogP contribution in [0.1, 0.15) is 18.9 Å². The second-order valence-corrected chi connectivity index (χ2v) is 6.11. The lowest BCUT2D eigenvalue weighted by atomic mass is 10.2. The zero-order valence-electron chi connectivity index (χ0n) is 11.3. The Kier molecular flexibility index (Phi) is 5.21. The third kappa shape index (κ3) is 3.37. The Hall–Kier alpha value is -1.15. The summed E-state index contributed by atoms with van der Waals surface area (Å²) < 4.78 is 16.7. The van der Waals surface area contributed by atoms with Gasteiger partial charge in [0.15, 0.2) is 0 Å². The first-order chi connectivity index (χ1) is 9.95. The molecule has 0 amide bonds. The third-order valence-electron chi connectivity index (χ3n) is 3.04. The molecule has 0 spiro atoms. The molecule has 0 radical (unpaired) electrons. The molecule has 2 rings (SSSR count). The van der Waals surface area contributed by atoms with Crippen molar-refractivity contribution in [2.24, 2.45) is 0 Å². The van der Waals surface area contributed by atoms with Gasteiger partial charge in [-0.3, -0.25) is 13.9 Å². The van der Waals surface area contributed by atoms with Crippen molar-refractivity contribution in [3.05, 3.63) is 65.2 Å². The zero-order chi connectivity index (χ0) is 15.6. The number of hydrogen-bond donors (Lipinski definition) is 0. The SMILES string of the molecule is CCCn1cc(I)c(=O)n(Cc2c(F)cccc2Cl)c1=O. The monoisotopic (exact) mass is 422 g/mol. The first kappa shape index (κ1) is 16.2. The topological polar surface area (TPSA) is 44.0 Å². The van der Waals surface area contributed by atoms with Gasteiger partial charge in [0.2, 0.25) is 0 Å². The minimum absolute atomic E-state index is 0.142. The number of aryl methyl sites for hydroxylation is 1. The van der Waals surface area contributed by atoms with Gasteiger partial charge in [-0.1, -0.05) is 24.6 Å². The van der Waals surface area contributed by atoms with Crippen molar-refractivity contribution >= 4 is 34.2 Å². The van der Waals surface area contributed by atoms with E-state index in [1.807, 2.05) is 29.5 Å². The predicted octanol–water partition coefficient (Wildman–Crippen LogP) is 2.87. The van der Waals surface area contributed by atoms with Crippen molar-refractivity contribution < 1.29 is 4.39 Å². The molecule has 2 aromatic rings. The molecule has 0 saturated heterocycles. The van der Waals surface area contributed by atoms with Crippen LogP contribution in [0.25, 0.3) is 0 Å². The summed E-state index contributed by atoms with van der Waals surface area (Å²) in [4.78, 5) is 24.5. The van der Waals surface area contributed by atoms with E-state index >= 15 is 0 Å². The van der Waals surface area contributed by atoms with Gasteiger partial charge >= 0.3 is 5.69 Å². The molecule has 1 aromatic carbocycles. The van der Waals surface area contributed by atoms with Crippen molar-refractivity contribution in [2.45, 2.75) is 26.4 Å². The fourth-order valence-electron chi connectivity index (χ4n) is 2.00. The van der Waals surface area contributed by atoms with Crippen LogP contribution in [-0.4, -0.2) is 9.13 Å². The Labute approximate surface area is 139 Å². The van der Waals surface area contributed by atoms with Gasteiger partial charge in [0.25, 0.3) is 5.56 Å². The quantitative estimate of drug-likeness (QED) is 0.711. The molecule has 0 bridgehead atoms. The lowest BCUT2D eigenvalue weighted by Gasteiger charge is -2.12. The van der Waals surface area contributed by atoms with Crippen LogP contribution in [0, 0.1) is 9.39 Å². The highest BCUT2D eigenvalue weighted by molar-refractivity contribution is 14.1. The van der Waals surface area contributed by atoms with E-state index in [0.717, 1.165) is 11.0 Å². The molecular weight excluding hydrogens is 410 g/mol. The van der Waals surface area contributed by atoms with Crippen molar-refractivity contribution in [1.29, 1.82) is 0 Å². The number of hydrogen-bond acceptors (Lipinski definition) is 2. The van der Waals surface area contributed by atoms with Crippen molar-refractivity contribution in [3.63, 3.8) is 0 Å². The normalized spacial score (nSPS) is 10.9. The molecule has 1 aromatic heterocycles. The molecule has 0 N–H and O–H groups in total. The minimum Gasteiger partial charge on any atom is -0.299 e. The van der Waals surface area contributed by atoms with Gasteiger partial charge in [0, 0.05) is 23.3 Å². The number of aromatic nitrogens is 2. The lowest BCUT2D eigenvalue weighted by molar-refractivity contribution is 0.548. The summed E-state index contributed by atoms with van der Waals surface area (Å²) in [5.74, 6) is -0.533. The van der Waals surface area contributed by atoms with Crippen LogP contribution in [0.3, 0.4) is 0 Å². The number of nitrogens with zero attached hydrogens (tertiary/aromatic N) is 2. The molecule has 0 aliphatic heterocycles. The summed E-state index contributed by atoms with van der Waals surface area (Å²) in [6.07, 6.45) is 2.28. The van der Waals surface area contributed by atoms with E-state index < -0.39 is 17.1 Å². The summed E-state index contributed by atoms with van der Waals surface area (Å²) in [6.45, 7) is 2.26. The van der Waals surface area contributed by atoms with Crippen LogP contribution in [-0.2, 0) is 13.1 Å². The van der Waals surface area contributed by atoms with Crippen LogP contribution < -0.4 is 11.2 Å². The second kappa shape index (κ2) is 6.74. The van der Waals surface area contributed by atoms with Crippen LogP contribution in [0.5, 0.6) is 0 Å². The maximum atomic E-state index is 13.8. The molecule has 21 heavy (non-hydrogen) atoms. The molecule has 0 aliphatic rings. The Morgan fingerprint density at radius 1 is 1.33 bits per heavy atom. The zero-order valence-corrected chi connectivity index (χ0v) is 14.2. The minimum atomic E-state index is -0.533. The maximum Gasteiger partial charge on any atom is 0.331 e. The third-order valence-corrected chi connectivity index (χ3v) is 4.13. The second-order valence-electron chi connectivity index (χ2n) is 4.54. The Morgan fingerprint density at radius 3 is 2.67 bits per heavy atom. The van der Waals surface area contributed by atoms with E-state index in [9.17, 15) is 14.0 Å². The summed E-state index contributed by atoms with van der Waals surface area (Å²) in [7, 11) is 0. The molecular formula is C14H13ClFIN2O2. The Bertz CT molecular complexity index is 765. The van der Waals surface area contributed by atoms with Crippen molar-refractivity contribution in [2.75, 3.05) is 0 Å². The van der Waals surface area contributed by atoms with Gasteiger partial charge in [0.05, 0.1) is 10.1 Å². The average molecular weight is 423 g/mol. The Morgan fingerprint density at radius 2 is 2.05 bits per heavy atom. The highest BCUT2D eigenvalue weighted by Gasteiger charge is 2.14. The van der Waals surface area contributed by atoms with E-state index in [1.54, 1.807) is 0 Å². The molecule has 0 saturated carbocycles. The average Bonchev–Trinajstić information content (AvgIpc) is 2.44. The molecule has 4 nitrogen and oxygen atoms in total. The van der Waals surface area contributed by atoms with Crippen LogP contribution in [0.2, 0.25) is 5.02 Å². The van der Waals surface area contributed by atoms with E-state index in [0.29, 0.717) is 10.1 Å². The number of halogens is 3. The molecule has 0 unspecified atom stereocenters. The lowest BCUT2D eigenvalue weighted by Crippen LogP contribution is -2.41. The number of benzene rings is 1. The largest absolute Gasteiger partial charge is 0.331 e. The maximum absolute atomic E-state index is 13.8. The van der Waals surface area contributed by atoms with E-state index in [4.69, 9.17) is 11.6 Å². The van der Waals surface area contributed by atoms with Gasteiger partial charge < -0.3 is 0 Å². The highest BCUT2D eigenvalue weighted by atomic mass is 127. The van der Waals surface area contributed by atoms with Crippen molar-refractivity contribution in [1.82, 2.24) is 9.13 Å². The van der Waals surface area contributed by atoms with Gasteiger partial charge in [-0.2, -0.15) is 0 Å². The van der Waals surface area contributed by atoms with Gasteiger partial charge in [-0.15, -0.1) is 0 Å². The van der Waals surface area contributed by atoms with Crippen LogP contribution >= 0.6 is 34.2 Å². The summed E-state index contributed by atoms with van der Waals surface area (Å²) >= 11 is 7.83. The van der Waals surface area contributed by atoms with Gasteiger partial charge in [-0.25, -0.2) is 9.18 Å². The van der Waals surface area contributed by atoms with E-state index in [1.165, 1.54) is 29.0 Å². The summed E-state index contributed by atoms with van der Waals surface area (Å²) in [5, 5.41) is 0.196. The van der Waals surface area contributed by atoms with Gasteiger partial charge in [0.1, 0.15) is 5.82 Å². The first-order valence-electron chi connectivity index (χ1n) is 6.38. The molecule has 0 atom stereocenters. The summed E-state index contributed by atoms with van der Waals surface area (Å²) in [5.41, 5.74) is -0.753. The Balaban J connectivity index is 2.59. The van der Waals surface area contributed by atoms with E-state index in [-0.39, 0.29) is 17.1 Å². The summed E-state index contributed by atoms with van der Waals surface area (Å²) in [6, 6.07) is 4.27. The molecule has 0 aliphatic carbocycles. The molecule has 112 valence electrons. The highest BCUT2D eigenvalue weighted by Crippen LogP contribution is 2.19. The smallest absolute Gasteiger partial charge is 0.299 e. The fraction of sp³-hybridized carbons (Fsp3) is 0.286. The first-order valence-corrected chi connectivity index (χ1v) is 7.84. The van der Waals surface area contributed by atoms with E-state index in [2.05, 4.69) is 0 Å². The number of rotatable bonds is 4.